The van der Waals surface area contributed by atoms with Crippen molar-refractivity contribution in [3.05, 3.63) is 64.0 Å². The van der Waals surface area contributed by atoms with Crippen molar-refractivity contribution in [2.75, 3.05) is 11.9 Å². The maximum absolute atomic E-state index is 13.9. The highest BCUT2D eigenvalue weighted by molar-refractivity contribution is 7.14. The van der Waals surface area contributed by atoms with Crippen LogP contribution in [-0.2, 0) is 0 Å². The van der Waals surface area contributed by atoms with Gasteiger partial charge < -0.3 is 10.2 Å². The smallest absolute Gasteiger partial charge is 0.266 e. The van der Waals surface area contributed by atoms with Crippen LogP contribution in [0.5, 0.6) is 0 Å². The van der Waals surface area contributed by atoms with Gasteiger partial charge in [0, 0.05) is 23.7 Å². The molecule has 138 valence electrons. The molecule has 0 unspecified atom stereocenters. The van der Waals surface area contributed by atoms with E-state index in [9.17, 15) is 14.0 Å². The first-order valence-corrected chi connectivity index (χ1v) is 9.26. The van der Waals surface area contributed by atoms with Gasteiger partial charge in [-0.3, -0.25) is 19.7 Å². The number of H-pyrrole nitrogens is 1. The summed E-state index contributed by atoms with van der Waals surface area (Å²) in [6.07, 6.45) is 5.61. The highest BCUT2D eigenvalue weighted by atomic mass is 32.1. The maximum Gasteiger partial charge on any atom is 0.266 e. The third kappa shape index (κ3) is 3.45. The zero-order valence-corrected chi connectivity index (χ0v) is 15.0. The standard InChI is InChI=1S/C18H16FN5O2S/c19-12-10-20-7-5-11(12)18(26)24-9-1-2-13(24)14-3-4-15(27-14)17(25)22-16-6-8-21-23-16/h3-8,10,13H,1-2,9H2,(H2,21,22,23,25)/t13-/m1/s1. The number of nitrogens with one attached hydrogen (secondary N) is 2. The van der Waals surface area contributed by atoms with Crippen LogP contribution in [-0.4, -0.2) is 38.4 Å². The Hall–Kier alpha value is -3.07. The van der Waals surface area contributed by atoms with Gasteiger partial charge in [0.25, 0.3) is 11.8 Å². The first-order chi connectivity index (χ1) is 13.1. The lowest BCUT2D eigenvalue weighted by Crippen LogP contribution is -2.30. The lowest BCUT2D eigenvalue weighted by Gasteiger charge is -2.24. The predicted octanol–water partition coefficient (Wildman–Crippen LogP) is 3.23. The Bertz CT molecular complexity index is 972. The largest absolute Gasteiger partial charge is 0.331 e. The van der Waals surface area contributed by atoms with Crippen molar-refractivity contribution in [3.63, 3.8) is 0 Å². The van der Waals surface area contributed by atoms with Gasteiger partial charge in [0.05, 0.1) is 28.9 Å². The molecule has 0 aliphatic carbocycles. The average Bonchev–Trinajstić information content (AvgIpc) is 3.41. The number of likely N-dealkylation sites (tertiary alicyclic amines) is 1. The molecule has 0 bridgehead atoms. The van der Waals surface area contributed by atoms with Crippen LogP contribution in [0.3, 0.4) is 0 Å². The van der Waals surface area contributed by atoms with Gasteiger partial charge in [-0.1, -0.05) is 0 Å². The Balaban J connectivity index is 1.53. The monoisotopic (exact) mass is 385 g/mol. The van der Waals surface area contributed by atoms with Crippen molar-refractivity contribution in [3.8, 4) is 0 Å². The van der Waals surface area contributed by atoms with Crippen LogP contribution in [0.25, 0.3) is 0 Å². The number of nitrogens with zero attached hydrogens (tertiary/aromatic N) is 3. The van der Waals surface area contributed by atoms with E-state index in [-0.39, 0.29) is 23.4 Å². The summed E-state index contributed by atoms with van der Waals surface area (Å²) < 4.78 is 13.9. The average molecular weight is 385 g/mol. The van der Waals surface area contributed by atoms with Gasteiger partial charge in [-0.05, 0) is 31.0 Å². The van der Waals surface area contributed by atoms with Gasteiger partial charge in [0.1, 0.15) is 5.82 Å². The van der Waals surface area contributed by atoms with E-state index in [4.69, 9.17) is 0 Å². The topological polar surface area (TPSA) is 91.0 Å². The fourth-order valence-corrected chi connectivity index (χ4v) is 4.22. The lowest BCUT2D eigenvalue weighted by molar-refractivity contribution is 0.0732. The van der Waals surface area contributed by atoms with Crippen molar-refractivity contribution in [2.45, 2.75) is 18.9 Å². The number of thiophene rings is 1. The van der Waals surface area contributed by atoms with Gasteiger partial charge in [0.2, 0.25) is 0 Å². The van der Waals surface area contributed by atoms with E-state index in [1.807, 2.05) is 6.07 Å². The molecule has 0 radical (unpaired) electrons. The summed E-state index contributed by atoms with van der Waals surface area (Å²) in [4.78, 5) is 31.9. The molecule has 0 spiro atoms. The van der Waals surface area contributed by atoms with Gasteiger partial charge in [0.15, 0.2) is 5.82 Å². The summed E-state index contributed by atoms with van der Waals surface area (Å²) in [5.41, 5.74) is 0.0191. The van der Waals surface area contributed by atoms with E-state index in [1.165, 1.54) is 23.6 Å². The maximum atomic E-state index is 13.9. The molecule has 7 nitrogen and oxygen atoms in total. The summed E-state index contributed by atoms with van der Waals surface area (Å²) in [6.45, 7) is 0.554. The Morgan fingerprint density at radius 1 is 1.26 bits per heavy atom. The molecular formula is C18H16FN5O2S. The SMILES string of the molecule is O=C(Nc1ccn[nH]1)c1ccc([C@H]2CCCN2C(=O)c2ccncc2F)s1. The molecule has 3 aromatic rings. The first kappa shape index (κ1) is 17.3. The number of aromatic amines is 1. The molecule has 0 aromatic carbocycles. The number of hydrogen-bond acceptors (Lipinski definition) is 5. The molecule has 2 amide bonds. The second-order valence-corrected chi connectivity index (χ2v) is 7.25. The molecule has 1 saturated heterocycles. The number of amides is 2. The van der Waals surface area contributed by atoms with E-state index in [0.717, 1.165) is 23.9 Å². The summed E-state index contributed by atoms with van der Waals surface area (Å²) in [5, 5.41) is 9.19. The molecule has 27 heavy (non-hydrogen) atoms. The summed E-state index contributed by atoms with van der Waals surface area (Å²) in [5.74, 6) is -0.708. The van der Waals surface area contributed by atoms with Crippen LogP contribution in [0.15, 0.2) is 42.9 Å². The van der Waals surface area contributed by atoms with E-state index < -0.39 is 5.82 Å². The third-order valence-electron chi connectivity index (χ3n) is 4.44. The van der Waals surface area contributed by atoms with Crippen molar-refractivity contribution < 1.29 is 14.0 Å². The van der Waals surface area contributed by atoms with Crippen molar-refractivity contribution in [1.29, 1.82) is 0 Å². The van der Waals surface area contributed by atoms with E-state index in [0.29, 0.717) is 17.2 Å². The van der Waals surface area contributed by atoms with Crippen LogP contribution in [0, 0.1) is 5.82 Å². The molecular weight excluding hydrogens is 369 g/mol. The molecule has 9 heteroatoms. The summed E-state index contributed by atoms with van der Waals surface area (Å²) in [7, 11) is 0. The number of halogens is 1. The zero-order chi connectivity index (χ0) is 18.8. The van der Waals surface area contributed by atoms with Crippen LogP contribution >= 0.6 is 11.3 Å². The second-order valence-electron chi connectivity index (χ2n) is 6.14. The molecule has 2 N–H and O–H groups in total. The summed E-state index contributed by atoms with van der Waals surface area (Å²) >= 11 is 1.33. The number of rotatable bonds is 4. The highest BCUT2D eigenvalue weighted by Crippen LogP contribution is 2.37. The van der Waals surface area contributed by atoms with Gasteiger partial charge >= 0.3 is 0 Å². The normalized spacial score (nSPS) is 16.5. The van der Waals surface area contributed by atoms with Gasteiger partial charge in [-0.15, -0.1) is 11.3 Å². The van der Waals surface area contributed by atoms with Crippen molar-refractivity contribution >= 4 is 29.0 Å². The Labute approximate surface area is 158 Å². The number of carbonyl (C=O) groups excluding carboxylic acids is 2. The van der Waals surface area contributed by atoms with Gasteiger partial charge in [-0.25, -0.2) is 4.39 Å². The number of carbonyl (C=O) groups is 2. The minimum absolute atomic E-state index is 0.0191. The number of pyridine rings is 1. The van der Waals surface area contributed by atoms with E-state index >= 15 is 0 Å². The molecule has 3 aromatic heterocycles. The second kappa shape index (κ2) is 7.28. The minimum Gasteiger partial charge on any atom is -0.331 e. The Morgan fingerprint density at radius 2 is 2.15 bits per heavy atom. The molecule has 1 aliphatic heterocycles. The van der Waals surface area contributed by atoms with Crippen LogP contribution in [0.1, 0.15) is 43.8 Å². The molecule has 4 heterocycles. The van der Waals surface area contributed by atoms with Crippen LogP contribution in [0.2, 0.25) is 0 Å². The van der Waals surface area contributed by atoms with E-state index in [2.05, 4.69) is 20.5 Å². The molecule has 4 rings (SSSR count). The minimum atomic E-state index is -0.626. The highest BCUT2D eigenvalue weighted by Gasteiger charge is 2.33. The first-order valence-electron chi connectivity index (χ1n) is 8.44. The Morgan fingerprint density at radius 3 is 2.93 bits per heavy atom. The quantitative estimate of drug-likeness (QED) is 0.721. The van der Waals surface area contributed by atoms with Crippen molar-refractivity contribution in [2.24, 2.45) is 0 Å². The molecule has 1 fully saturated rings. The molecule has 1 atom stereocenters. The molecule has 0 saturated carbocycles. The van der Waals surface area contributed by atoms with E-state index in [1.54, 1.807) is 23.2 Å². The number of anilines is 1. The van der Waals surface area contributed by atoms with Crippen molar-refractivity contribution in [1.82, 2.24) is 20.1 Å². The Kier molecular flexibility index (Phi) is 4.68. The lowest BCUT2D eigenvalue weighted by atomic mass is 10.1. The molecule has 1 aliphatic rings. The predicted molar refractivity (Wildman–Crippen MR) is 98.1 cm³/mol. The number of hydrogen-bond donors (Lipinski definition) is 2. The van der Waals surface area contributed by atoms with Crippen LogP contribution < -0.4 is 5.32 Å². The fraction of sp³-hybridized carbons (Fsp3) is 0.222. The number of aromatic nitrogens is 3. The van der Waals surface area contributed by atoms with Crippen LogP contribution in [0.4, 0.5) is 10.2 Å². The zero-order valence-electron chi connectivity index (χ0n) is 14.2. The third-order valence-corrected chi connectivity index (χ3v) is 5.63. The van der Waals surface area contributed by atoms with Gasteiger partial charge in [-0.2, -0.15) is 5.10 Å². The fourth-order valence-electron chi connectivity index (χ4n) is 3.17. The summed E-state index contributed by atoms with van der Waals surface area (Å²) in [6, 6.07) is 6.48.